The summed E-state index contributed by atoms with van der Waals surface area (Å²) in [5.74, 6) is 0.548. The number of nitrogens with two attached hydrogens (primary N) is 1. The van der Waals surface area contributed by atoms with Crippen LogP contribution in [0.3, 0.4) is 0 Å². The minimum Gasteiger partial charge on any atom is -0.479 e. The van der Waals surface area contributed by atoms with Crippen LogP contribution in [0.15, 0.2) is 30.3 Å². The number of halogens is 2. The molecule has 1 heterocycles. The zero-order valence-electron chi connectivity index (χ0n) is 10.3. The molecule has 0 atom stereocenters. The Morgan fingerprint density at radius 1 is 1.37 bits per heavy atom. The number of ether oxygens (including phenoxy) is 1. The van der Waals surface area contributed by atoms with Crippen molar-refractivity contribution in [3.8, 4) is 5.88 Å². The Morgan fingerprint density at radius 3 is 2.84 bits per heavy atom. The second-order valence-corrected chi connectivity index (χ2v) is 4.30. The second-order valence-electron chi connectivity index (χ2n) is 3.90. The summed E-state index contributed by atoms with van der Waals surface area (Å²) in [6, 6.07) is 7.99. The number of nitrogens with one attached hydrogen (secondary N) is 1. The average molecular weight is 282 g/mol. The molecule has 0 spiro atoms. The predicted octanol–water partition coefficient (Wildman–Crippen LogP) is 3.08. The van der Waals surface area contributed by atoms with Gasteiger partial charge < -0.3 is 15.8 Å². The molecule has 4 nitrogen and oxygen atoms in total. The monoisotopic (exact) mass is 281 g/mol. The first-order valence-electron chi connectivity index (χ1n) is 5.58. The molecule has 0 aliphatic heterocycles. The van der Waals surface area contributed by atoms with Gasteiger partial charge in [-0.15, -0.1) is 0 Å². The first-order chi connectivity index (χ1) is 9.10. The van der Waals surface area contributed by atoms with E-state index < -0.39 is 5.82 Å². The van der Waals surface area contributed by atoms with Gasteiger partial charge in [-0.1, -0.05) is 17.7 Å². The molecule has 2 rings (SSSR count). The Hall–Kier alpha value is -2.01. The second kappa shape index (κ2) is 5.75. The van der Waals surface area contributed by atoms with Gasteiger partial charge in [0.1, 0.15) is 11.6 Å². The Balaban J connectivity index is 2.07. The highest BCUT2D eigenvalue weighted by atomic mass is 35.5. The molecule has 19 heavy (non-hydrogen) atoms. The number of anilines is 2. The molecule has 0 saturated carbocycles. The van der Waals surface area contributed by atoms with Crippen molar-refractivity contribution in [2.24, 2.45) is 0 Å². The number of hydrogen-bond donors (Lipinski definition) is 2. The lowest BCUT2D eigenvalue weighted by atomic mass is 10.2. The highest BCUT2D eigenvalue weighted by molar-refractivity contribution is 6.30. The predicted molar refractivity (Wildman–Crippen MR) is 73.9 cm³/mol. The first kappa shape index (κ1) is 13.4. The zero-order valence-corrected chi connectivity index (χ0v) is 11.0. The van der Waals surface area contributed by atoms with Gasteiger partial charge >= 0.3 is 0 Å². The fraction of sp³-hybridized carbons (Fsp3) is 0.154. The molecule has 0 unspecified atom stereocenters. The molecule has 100 valence electrons. The number of methoxy groups -OCH3 is 1. The summed E-state index contributed by atoms with van der Waals surface area (Å²) in [6.45, 7) is 0.472. The molecule has 0 aliphatic rings. The maximum absolute atomic E-state index is 13.0. The van der Waals surface area contributed by atoms with E-state index in [4.69, 9.17) is 22.1 Å². The number of rotatable bonds is 4. The smallest absolute Gasteiger partial charge is 0.238 e. The van der Waals surface area contributed by atoms with E-state index >= 15 is 0 Å². The van der Waals surface area contributed by atoms with E-state index in [0.29, 0.717) is 23.9 Å². The topological polar surface area (TPSA) is 60.2 Å². The number of aromatic nitrogens is 1. The van der Waals surface area contributed by atoms with Gasteiger partial charge in [0.25, 0.3) is 0 Å². The molecule has 0 saturated heterocycles. The quantitative estimate of drug-likeness (QED) is 0.904. The van der Waals surface area contributed by atoms with Crippen LogP contribution in [0.2, 0.25) is 5.02 Å². The minimum atomic E-state index is -0.433. The molecule has 1 aromatic carbocycles. The maximum atomic E-state index is 13.0. The van der Waals surface area contributed by atoms with Crippen LogP contribution >= 0.6 is 11.6 Å². The van der Waals surface area contributed by atoms with Crippen molar-refractivity contribution >= 4 is 23.1 Å². The van der Waals surface area contributed by atoms with Gasteiger partial charge in [-0.05, 0) is 29.8 Å². The van der Waals surface area contributed by atoms with E-state index in [0.717, 1.165) is 5.56 Å². The number of benzene rings is 1. The van der Waals surface area contributed by atoms with Crippen molar-refractivity contribution in [2.75, 3.05) is 18.2 Å². The summed E-state index contributed by atoms with van der Waals surface area (Å²) in [5, 5.41) is 3.18. The molecule has 1 aromatic heterocycles. The zero-order chi connectivity index (χ0) is 13.8. The average Bonchev–Trinajstić information content (AvgIpc) is 2.41. The molecule has 2 aromatic rings. The highest BCUT2D eigenvalue weighted by Gasteiger charge is 2.04. The molecular formula is C13H13ClFN3O. The van der Waals surface area contributed by atoms with Gasteiger partial charge in [-0.2, -0.15) is 4.98 Å². The van der Waals surface area contributed by atoms with Crippen LogP contribution in [0.5, 0.6) is 5.88 Å². The normalized spacial score (nSPS) is 10.3. The van der Waals surface area contributed by atoms with Crippen LogP contribution in [0.1, 0.15) is 5.56 Å². The summed E-state index contributed by atoms with van der Waals surface area (Å²) >= 11 is 5.71. The van der Waals surface area contributed by atoms with Crippen LogP contribution in [0, 0.1) is 5.82 Å². The molecule has 0 bridgehead atoms. The van der Waals surface area contributed by atoms with Crippen molar-refractivity contribution in [3.05, 3.63) is 46.7 Å². The third-order valence-electron chi connectivity index (χ3n) is 2.54. The molecule has 0 amide bonds. The third-order valence-corrected chi connectivity index (χ3v) is 2.83. The summed E-state index contributed by atoms with van der Waals surface area (Å²) in [5.41, 5.74) is 6.99. The highest BCUT2D eigenvalue weighted by Crippen LogP contribution is 2.21. The van der Waals surface area contributed by atoms with Crippen molar-refractivity contribution < 1.29 is 9.13 Å². The van der Waals surface area contributed by atoms with E-state index in [1.54, 1.807) is 24.3 Å². The standard InChI is InChI=1S/C13H13ClFN3O/c1-19-13-11(16)4-5-12(18-13)17-7-8-2-3-10(15)9(14)6-8/h2-6H,7,16H2,1H3,(H,17,18). The van der Waals surface area contributed by atoms with Crippen LogP contribution < -0.4 is 15.8 Å². The van der Waals surface area contributed by atoms with Crippen LogP contribution in [-0.2, 0) is 6.54 Å². The van der Waals surface area contributed by atoms with Crippen LogP contribution in [-0.4, -0.2) is 12.1 Å². The van der Waals surface area contributed by atoms with Crippen molar-refractivity contribution in [3.63, 3.8) is 0 Å². The summed E-state index contributed by atoms with van der Waals surface area (Å²) in [7, 11) is 1.50. The fourth-order valence-corrected chi connectivity index (χ4v) is 1.76. The third kappa shape index (κ3) is 3.26. The van der Waals surface area contributed by atoms with Gasteiger partial charge in [0.05, 0.1) is 17.8 Å². The molecule has 6 heteroatoms. The van der Waals surface area contributed by atoms with E-state index in [2.05, 4.69) is 10.3 Å². The lowest BCUT2D eigenvalue weighted by Crippen LogP contribution is -2.03. The Bertz CT molecular complexity index is 592. The minimum absolute atomic E-state index is 0.0992. The number of hydrogen-bond acceptors (Lipinski definition) is 4. The number of pyridine rings is 1. The summed E-state index contributed by atoms with van der Waals surface area (Å²) in [6.07, 6.45) is 0. The van der Waals surface area contributed by atoms with E-state index in [-0.39, 0.29) is 5.02 Å². The van der Waals surface area contributed by atoms with Crippen molar-refractivity contribution in [2.45, 2.75) is 6.54 Å². The van der Waals surface area contributed by atoms with Gasteiger partial charge in [0.2, 0.25) is 5.88 Å². The van der Waals surface area contributed by atoms with E-state index in [1.165, 1.54) is 13.2 Å². The number of nitrogens with zero attached hydrogens (tertiary/aromatic N) is 1. The Morgan fingerprint density at radius 2 is 2.16 bits per heavy atom. The largest absolute Gasteiger partial charge is 0.479 e. The fourth-order valence-electron chi connectivity index (χ4n) is 1.56. The number of nitrogen functional groups attached to an aromatic ring is 1. The Kier molecular flexibility index (Phi) is 4.06. The van der Waals surface area contributed by atoms with Crippen molar-refractivity contribution in [1.29, 1.82) is 0 Å². The van der Waals surface area contributed by atoms with Gasteiger partial charge in [0.15, 0.2) is 0 Å². The first-order valence-corrected chi connectivity index (χ1v) is 5.96. The summed E-state index contributed by atoms with van der Waals surface area (Å²) < 4.78 is 18.0. The van der Waals surface area contributed by atoms with Crippen molar-refractivity contribution in [1.82, 2.24) is 4.98 Å². The lowest BCUT2D eigenvalue weighted by molar-refractivity contribution is 0.401. The van der Waals surface area contributed by atoms with Crippen LogP contribution in [0.25, 0.3) is 0 Å². The Labute approximate surface area is 115 Å². The maximum Gasteiger partial charge on any atom is 0.238 e. The SMILES string of the molecule is COc1nc(NCc2ccc(F)c(Cl)c2)ccc1N. The van der Waals surface area contributed by atoms with Gasteiger partial charge in [-0.25, -0.2) is 4.39 Å². The lowest BCUT2D eigenvalue weighted by Gasteiger charge is -2.09. The molecule has 0 fully saturated rings. The van der Waals surface area contributed by atoms with E-state index in [9.17, 15) is 4.39 Å². The molecule has 0 aliphatic carbocycles. The molecular weight excluding hydrogens is 269 g/mol. The van der Waals surface area contributed by atoms with E-state index in [1.807, 2.05) is 0 Å². The molecule has 3 N–H and O–H groups in total. The van der Waals surface area contributed by atoms with Gasteiger partial charge in [0, 0.05) is 6.54 Å². The summed E-state index contributed by atoms with van der Waals surface area (Å²) in [4.78, 5) is 4.18. The molecule has 0 radical (unpaired) electrons. The van der Waals surface area contributed by atoms with Gasteiger partial charge in [-0.3, -0.25) is 0 Å². The van der Waals surface area contributed by atoms with Crippen LogP contribution in [0.4, 0.5) is 15.9 Å².